The summed E-state index contributed by atoms with van der Waals surface area (Å²) in [6, 6.07) is 5.91. The van der Waals surface area contributed by atoms with Gasteiger partial charge in [0.25, 0.3) is 0 Å². The molecule has 1 saturated carbocycles. The van der Waals surface area contributed by atoms with Gasteiger partial charge in [0.2, 0.25) is 0 Å². The van der Waals surface area contributed by atoms with E-state index in [2.05, 4.69) is 48.4 Å². The van der Waals surface area contributed by atoms with Crippen LogP contribution in [-0.2, 0) is 17.6 Å². The van der Waals surface area contributed by atoms with Crippen LogP contribution in [0.4, 0.5) is 15.9 Å². The van der Waals surface area contributed by atoms with E-state index in [9.17, 15) is 0 Å². The van der Waals surface area contributed by atoms with E-state index in [1.165, 1.54) is 0 Å². The molecule has 0 radical (unpaired) electrons. The average molecular weight is 454 g/mol. The Kier molecular flexibility index (Phi) is 9.16. The number of rotatable bonds is 11. The minimum Gasteiger partial charge on any atom is -0.466 e. The molecule has 180 valence electrons. The molecule has 0 aliphatic heterocycles. The van der Waals surface area contributed by atoms with Crippen LogP contribution in [-0.4, -0.2) is 10.2 Å². The first-order chi connectivity index (χ1) is 16.0. The van der Waals surface area contributed by atoms with Crippen LogP contribution >= 0.6 is 0 Å². The van der Waals surface area contributed by atoms with Crippen molar-refractivity contribution in [2.24, 2.45) is 5.92 Å². The van der Waals surface area contributed by atoms with Gasteiger partial charge in [0.15, 0.2) is 5.82 Å². The van der Waals surface area contributed by atoms with Gasteiger partial charge in [0.1, 0.15) is 11.6 Å². The molecular formula is C28H40FN3O. The van der Waals surface area contributed by atoms with Crippen molar-refractivity contribution in [1.29, 1.82) is 0 Å². The van der Waals surface area contributed by atoms with Crippen LogP contribution in [0.5, 0.6) is 0 Å². The minimum absolute atomic E-state index is 0.156. The van der Waals surface area contributed by atoms with Crippen LogP contribution in [0.25, 0.3) is 0 Å². The van der Waals surface area contributed by atoms with Crippen LogP contribution in [0.3, 0.4) is 0 Å². The number of benzene rings is 1. The molecule has 2 atom stereocenters. The van der Waals surface area contributed by atoms with Crippen molar-refractivity contribution in [2.45, 2.75) is 91.9 Å². The summed E-state index contributed by atoms with van der Waals surface area (Å²) in [7, 11) is 0. The second-order valence-corrected chi connectivity index (χ2v) is 8.93. The Labute approximate surface area is 198 Å². The lowest BCUT2D eigenvalue weighted by atomic mass is 9.99. The van der Waals surface area contributed by atoms with E-state index in [0.29, 0.717) is 29.8 Å². The second-order valence-electron chi connectivity index (χ2n) is 8.93. The summed E-state index contributed by atoms with van der Waals surface area (Å²) in [6.45, 7) is 10.4. The fourth-order valence-electron chi connectivity index (χ4n) is 4.89. The normalized spacial score (nSPS) is 19.2. The molecule has 1 fully saturated rings. The summed E-state index contributed by atoms with van der Waals surface area (Å²) < 4.78 is 21.3. The highest BCUT2D eigenvalue weighted by Gasteiger charge is 2.31. The van der Waals surface area contributed by atoms with Crippen LogP contribution in [0, 0.1) is 11.7 Å². The number of hydrogen-bond acceptors (Lipinski definition) is 3. The molecule has 0 saturated heterocycles. The predicted octanol–water partition coefficient (Wildman–Crippen LogP) is 8.32. The molecule has 5 heteroatoms. The Morgan fingerprint density at radius 3 is 2.73 bits per heavy atom. The van der Waals surface area contributed by atoms with Gasteiger partial charge in [-0.15, -0.1) is 0 Å². The standard InChI is InChI=1S/C28H40FN3O/c1-6-11-19-15-16-24(28(29)23(19)10-5)30-27-18-25(31-32-27)20-13-14-21(17-20)26(12-7-2)33-22(8-3)9-4/h8,12,15-16,18,20-21H,6-7,9-11,13-14,17H2,1-5H3,(H2,30,31,32)/b22-8-,26-12+. The number of anilines is 2. The van der Waals surface area contributed by atoms with Crippen molar-refractivity contribution in [1.82, 2.24) is 10.2 Å². The van der Waals surface area contributed by atoms with E-state index in [1.54, 1.807) is 0 Å². The highest BCUT2D eigenvalue weighted by Crippen LogP contribution is 2.42. The van der Waals surface area contributed by atoms with Crippen molar-refractivity contribution in [2.75, 3.05) is 5.32 Å². The number of allylic oxidation sites excluding steroid dienone is 4. The highest BCUT2D eigenvalue weighted by molar-refractivity contribution is 5.59. The van der Waals surface area contributed by atoms with Gasteiger partial charge < -0.3 is 10.1 Å². The maximum atomic E-state index is 15.1. The maximum Gasteiger partial charge on any atom is 0.152 e. The van der Waals surface area contributed by atoms with E-state index in [4.69, 9.17) is 4.74 Å². The number of ether oxygens (including phenoxy) is 1. The lowest BCUT2D eigenvalue weighted by Gasteiger charge is -2.18. The van der Waals surface area contributed by atoms with Crippen molar-refractivity contribution >= 4 is 11.5 Å². The molecule has 2 N–H and O–H groups in total. The van der Waals surface area contributed by atoms with Gasteiger partial charge in [0, 0.05) is 30.0 Å². The average Bonchev–Trinajstić information content (AvgIpc) is 3.49. The van der Waals surface area contributed by atoms with Crippen molar-refractivity contribution in [3.63, 3.8) is 0 Å². The second kappa shape index (κ2) is 12.1. The molecule has 1 aliphatic carbocycles. The quantitative estimate of drug-likeness (QED) is 0.336. The first-order valence-electron chi connectivity index (χ1n) is 12.7. The largest absolute Gasteiger partial charge is 0.466 e. The monoisotopic (exact) mass is 453 g/mol. The molecule has 0 spiro atoms. The summed E-state index contributed by atoms with van der Waals surface area (Å²) in [4.78, 5) is 0. The molecular weight excluding hydrogens is 413 g/mol. The number of aromatic amines is 1. The van der Waals surface area contributed by atoms with E-state index < -0.39 is 0 Å². The summed E-state index contributed by atoms with van der Waals surface area (Å²) in [5.41, 5.74) is 3.51. The van der Waals surface area contributed by atoms with E-state index in [-0.39, 0.29) is 5.82 Å². The fourth-order valence-corrected chi connectivity index (χ4v) is 4.89. The highest BCUT2D eigenvalue weighted by atomic mass is 19.1. The number of halogens is 1. The maximum absolute atomic E-state index is 15.1. The number of hydrogen-bond donors (Lipinski definition) is 2. The number of nitrogens with zero attached hydrogens (tertiary/aromatic N) is 1. The Morgan fingerprint density at radius 2 is 2.06 bits per heavy atom. The third-order valence-corrected chi connectivity index (χ3v) is 6.67. The van der Waals surface area contributed by atoms with E-state index in [0.717, 1.165) is 73.3 Å². The van der Waals surface area contributed by atoms with Gasteiger partial charge in [-0.1, -0.05) is 40.2 Å². The van der Waals surface area contributed by atoms with Gasteiger partial charge in [-0.2, -0.15) is 5.10 Å². The summed E-state index contributed by atoms with van der Waals surface area (Å²) in [5.74, 6) is 3.47. The third kappa shape index (κ3) is 6.07. The molecule has 1 heterocycles. The number of H-pyrrole nitrogens is 1. The zero-order chi connectivity index (χ0) is 23.8. The zero-order valence-electron chi connectivity index (χ0n) is 20.9. The summed E-state index contributed by atoms with van der Waals surface area (Å²) >= 11 is 0. The Bertz CT molecular complexity index is 976. The van der Waals surface area contributed by atoms with Gasteiger partial charge in [-0.3, -0.25) is 5.10 Å². The Hall–Kier alpha value is -2.56. The topological polar surface area (TPSA) is 49.9 Å². The molecule has 4 nitrogen and oxygen atoms in total. The van der Waals surface area contributed by atoms with Crippen molar-refractivity contribution in [3.8, 4) is 0 Å². The van der Waals surface area contributed by atoms with Gasteiger partial charge in [-0.25, -0.2) is 4.39 Å². The SMILES string of the molecule is C/C=C(/CC)O/C(=C/CC)C1CCC(c2cc(Nc3ccc(CCC)c(CC)c3F)n[nH]2)C1. The lowest BCUT2D eigenvalue weighted by molar-refractivity contribution is 0.243. The first-order valence-corrected chi connectivity index (χ1v) is 12.7. The predicted molar refractivity (Wildman–Crippen MR) is 135 cm³/mol. The van der Waals surface area contributed by atoms with Crippen LogP contribution < -0.4 is 5.32 Å². The molecule has 1 aromatic heterocycles. The smallest absolute Gasteiger partial charge is 0.152 e. The summed E-state index contributed by atoms with van der Waals surface area (Å²) in [6.07, 6.45) is 12.0. The van der Waals surface area contributed by atoms with E-state index >= 15 is 4.39 Å². The fraction of sp³-hybridized carbons (Fsp3) is 0.536. The summed E-state index contributed by atoms with van der Waals surface area (Å²) in [5, 5.41) is 10.8. The van der Waals surface area contributed by atoms with Crippen molar-refractivity contribution < 1.29 is 9.13 Å². The number of nitrogens with one attached hydrogen (secondary N) is 2. The number of aromatic nitrogens is 2. The van der Waals surface area contributed by atoms with Crippen LogP contribution in [0.1, 0.15) is 95.9 Å². The Balaban J connectivity index is 1.69. The molecule has 1 aromatic carbocycles. The molecule has 0 bridgehead atoms. The molecule has 2 aromatic rings. The van der Waals surface area contributed by atoms with Crippen LogP contribution in [0.15, 0.2) is 41.9 Å². The molecule has 2 unspecified atom stereocenters. The minimum atomic E-state index is -0.156. The molecule has 0 amide bonds. The third-order valence-electron chi connectivity index (χ3n) is 6.67. The van der Waals surface area contributed by atoms with Gasteiger partial charge in [0.05, 0.1) is 11.4 Å². The number of aryl methyl sites for hydroxylation is 1. The molecule has 33 heavy (non-hydrogen) atoms. The molecule has 3 rings (SSSR count). The first kappa shape index (κ1) is 25.1. The zero-order valence-corrected chi connectivity index (χ0v) is 20.9. The van der Waals surface area contributed by atoms with Gasteiger partial charge in [-0.05, 0) is 74.8 Å². The van der Waals surface area contributed by atoms with E-state index in [1.807, 2.05) is 32.0 Å². The lowest BCUT2D eigenvalue weighted by Crippen LogP contribution is -2.05. The Morgan fingerprint density at radius 1 is 1.24 bits per heavy atom. The van der Waals surface area contributed by atoms with Crippen LogP contribution in [0.2, 0.25) is 0 Å². The molecule has 1 aliphatic rings. The van der Waals surface area contributed by atoms with Gasteiger partial charge >= 0.3 is 0 Å². The van der Waals surface area contributed by atoms with Crippen molar-refractivity contribution in [3.05, 3.63) is 64.5 Å².